The molecule has 0 aromatic heterocycles. The molecule has 1 aliphatic rings. The smallest absolute Gasteiger partial charge is 0.0632 e. The third-order valence-corrected chi connectivity index (χ3v) is 5.79. The molecular weight excluding hydrogens is 266 g/mol. The summed E-state index contributed by atoms with van der Waals surface area (Å²) >= 11 is 1.76. The summed E-state index contributed by atoms with van der Waals surface area (Å²) in [5.41, 5.74) is 7.29. The molecule has 3 heteroatoms. The van der Waals surface area contributed by atoms with Gasteiger partial charge in [0.15, 0.2) is 0 Å². The summed E-state index contributed by atoms with van der Waals surface area (Å²) in [5.74, 6) is 0. The van der Waals surface area contributed by atoms with Crippen LogP contribution in [0.1, 0.15) is 51.5 Å². The molecule has 0 saturated heterocycles. The van der Waals surface area contributed by atoms with Crippen molar-refractivity contribution in [2.45, 2.75) is 67.9 Å². The molecular formula is C17H27NOS. The molecule has 2 nitrogen and oxygen atoms in total. The predicted octanol–water partition coefficient (Wildman–Crippen LogP) is 3.71. The van der Waals surface area contributed by atoms with Crippen molar-refractivity contribution in [3.8, 4) is 0 Å². The summed E-state index contributed by atoms with van der Waals surface area (Å²) in [5, 5.41) is 10.3. The van der Waals surface area contributed by atoms with Crippen molar-refractivity contribution in [2.75, 3.05) is 6.26 Å². The van der Waals surface area contributed by atoms with E-state index in [0.29, 0.717) is 6.42 Å². The highest BCUT2D eigenvalue weighted by Crippen LogP contribution is 2.47. The molecule has 0 radical (unpaired) electrons. The van der Waals surface area contributed by atoms with E-state index < -0.39 is 5.60 Å². The number of hydrogen-bond acceptors (Lipinski definition) is 3. The zero-order valence-electron chi connectivity index (χ0n) is 12.9. The first-order chi connectivity index (χ1) is 9.43. The van der Waals surface area contributed by atoms with E-state index in [9.17, 15) is 5.11 Å². The normalized spacial score (nSPS) is 21.9. The first-order valence-electron chi connectivity index (χ1n) is 7.56. The van der Waals surface area contributed by atoms with Crippen molar-refractivity contribution in [2.24, 2.45) is 5.73 Å². The molecule has 0 aliphatic heterocycles. The summed E-state index contributed by atoms with van der Waals surface area (Å²) in [6, 6.07) is 8.86. The third-order valence-electron chi connectivity index (χ3n) is 5.04. The Morgan fingerprint density at radius 3 is 2.35 bits per heavy atom. The van der Waals surface area contributed by atoms with Crippen LogP contribution in [0.5, 0.6) is 0 Å². The summed E-state index contributed by atoms with van der Waals surface area (Å²) in [6.07, 6.45) is 7.06. The van der Waals surface area contributed by atoms with Gasteiger partial charge < -0.3 is 10.8 Å². The van der Waals surface area contributed by atoms with Gasteiger partial charge in [-0.25, -0.2) is 0 Å². The van der Waals surface area contributed by atoms with Gasteiger partial charge in [0.2, 0.25) is 0 Å². The van der Waals surface area contributed by atoms with Gasteiger partial charge in [-0.05, 0) is 56.6 Å². The fourth-order valence-corrected chi connectivity index (χ4v) is 3.58. The van der Waals surface area contributed by atoms with Crippen LogP contribution in [0.2, 0.25) is 0 Å². The van der Waals surface area contributed by atoms with Crippen LogP contribution in [0.25, 0.3) is 0 Å². The van der Waals surface area contributed by atoms with Crippen molar-refractivity contribution < 1.29 is 5.11 Å². The quantitative estimate of drug-likeness (QED) is 0.786. The second-order valence-electron chi connectivity index (χ2n) is 6.40. The summed E-state index contributed by atoms with van der Waals surface area (Å²) in [6.45, 7) is 3.92. The molecule has 20 heavy (non-hydrogen) atoms. The summed E-state index contributed by atoms with van der Waals surface area (Å²) in [7, 11) is 0. The Hall–Kier alpha value is -0.510. The average molecular weight is 293 g/mol. The highest BCUT2D eigenvalue weighted by molar-refractivity contribution is 7.98. The van der Waals surface area contributed by atoms with Crippen molar-refractivity contribution in [3.63, 3.8) is 0 Å². The standard InChI is InChI=1S/C17H27NOS/c1-4-16(2,19)12-15(18)17(10-5-11-17)13-6-8-14(20-3)9-7-13/h6-9,15,19H,4-5,10-12,18H2,1-3H3. The first-order valence-corrected chi connectivity index (χ1v) is 8.78. The number of hydrogen-bond donors (Lipinski definition) is 2. The summed E-state index contributed by atoms with van der Waals surface area (Å²) < 4.78 is 0. The van der Waals surface area contributed by atoms with Crippen LogP contribution in [0.15, 0.2) is 29.2 Å². The SMILES string of the molecule is CCC(C)(O)CC(N)C1(c2ccc(SC)cc2)CCC1. The number of thioether (sulfide) groups is 1. The molecule has 0 spiro atoms. The molecule has 2 unspecified atom stereocenters. The van der Waals surface area contributed by atoms with Crippen LogP contribution in [-0.4, -0.2) is 23.0 Å². The fraction of sp³-hybridized carbons (Fsp3) is 0.647. The number of aliphatic hydroxyl groups is 1. The van der Waals surface area contributed by atoms with E-state index in [1.165, 1.54) is 16.9 Å². The second-order valence-corrected chi connectivity index (χ2v) is 7.28. The van der Waals surface area contributed by atoms with Crippen LogP contribution < -0.4 is 5.73 Å². The van der Waals surface area contributed by atoms with E-state index in [4.69, 9.17) is 5.73 Å². The zero-order chi connectivity index (χ0) is 14.8. The van der Waals surface area contributed by atoms with E-state index >= 15 is 0 Å². The topological polar surface area (TPSA) is 46.2 Å². The van der Waals surface area contributed by atoms with Crippen molar-refractivity contribution in [3.05, 3.63) is 29.8 Å². The highest BCUT2D eigenvalue weighted by atomic mass is 32.2. The van der Waals surface area contributed by atoms with Gasteiger partial charge in [0.25, 0.3) is 0 Å². The fourth-order valence-electron chi connectivity index (χ4n) is 3.17. The molecule has 1 fully saturated rings. The average Bonchev–Trinajstić information content (AvgIpc) is 2.37. The van der Waals surface area contributed by atoms with Crippen molar-refractivity contribution in [1.29, 1.82) is 0 Å². The molecule has 112 valence electrons. The minimum Gasteiger partial charge on any atom is -0.390 e. The number of benzene rings is 1. The predicted molar refractivity (Wildman–Crippen MR) is 87.3 cm³/mol. The lowest BCUT2D eigenvalue weighted by atomic mass is 9.58. The minimum absolute atomic E-state index is 0.0336. The van der Waals surface area contributed by atoms with Gasteiger partial charge in [0.05, 0.1) is 5.60 Å². The van der Waals surface area contributed by atoms with Crippen LogP contribution >= 0.6 is 11.8 Å². The first kappa shape index (κ1) is 15.9. The molecule has 1 aromatic rings. The largest absolute Gasteiger partial charge is 0.390 e. The van der Waals surface area contributed by atoms with E-state index in [1.54, 1.807) is 11.8 Å². The molecule has 3 N–H and O–H groups in total. The monoisotopic (exact) mass is 293 g/mol. The second kappa shape index (κ2) is 6.08. The van der Waals surface area contributed by atoms with Crippen LogP contribution in [0.3, 0.4) is 0 Å². The Balaban J connectivity index is 2.19. The molecule has 0 bridgehead atoms. The van der Waals surface area contributed by atoms with Crippen molar-refractivity contribution in [1.82, 2.24) is 0 Å². The lowest BCUT2D eigenvalue weighted by Crippen LogP contribution is -2.53. The lowest BCUT2D eigenvalue weighted by Gasteiger charge is -2.48. The Morgan fingerprint density at radius 1 is 1.35 bits per heavy atom. The molecule has 0 amide bonds. The van der Waals surface area contributed by atoms with Gasteiger partial charge in [-0.1, -0.05) is 25.5 Å². The molecule has 2 rings (SSSR count). The van der Waals surface area contributed by atoms with Gasteiger partial charge in [0, 0.05) is 16.4 Å². The molecule has 2 atom stereocenters. The van der Waals surface area contributed by atoms with Gasteiger partial charge in [-0.3, -0.25) is 0 Å². The van der Waals surface area contributed by atoms with Crippen LogP contribution in [0, 0.1) is 0 Å². The van der Waals surface area contributed by atoms with Gasteiger partial charge in [-0.2, -0.15) is 0 Å². The van der Waals surface area contributed by atoms with Gasteiger partial charge in [-0.15, -0.1) is 11.8 Å². The molecule has 1 saturated carbocycles. The molecule has 1 aliphatic carbocycles. The maximum Gasteiger partial charge on any atom is 0.0632 e. The number of nitrogens with two attached hydrogens (primary N) is 1. The Morgan fingerprint density at radius 2 is 1.95 bits per heavy atom. The zero-order valence-corrected chi connectivity index (χ0v) is 13.7. The minimum atomic E-state index is -0.652. The van der Waals surface area contributed by atoms with E-state index in [2.05, 4.69) is 30.5 Å². The summed E-state index contributed by atoms with van der Waals surface area (Å²) in [4.78, 5) is 1.29. The Bertz CT molecular complexity index is 437. The Labute approximate surface area is 127 Å². The van der Waals surface area contributed by atoms with Crippen LogP contribution in [-0.2, 0) is 5.41 Å². The maximum absolute atomic E-state index is 10.3. The number of rotatable bonds is 6. The van der Waals surface area contributed by atoms with Crippen molar-refractivity contribution >= 4 is 11.8 Å². The lowest BCUT2D eigenvalue weighted by molar-refractivity contribution is 0.0213. The molecule has 0 heterocycles. The van der Waals surface area contributed by atoms with E-state index in [-0.39, 0.29) is 11.5 Å². The van der Waals surface area contributed by atoms with E-state index in [1.807, 2.05) is 13.8 Å². The van der Waals surface area contributed by atoms with E-state index in [0.717, 1.165) is 19.3 Å². The Kier molecular flexibility index (Phi) is 4.83. The molecule has 1 aromatic carbocycles. The highest BCUT2D eigenvalue weighted by Gasteiger charge is 2.45. The maximum atomic E-state index is 10.3. The third kappa shape index (κ3) is 3.05. The van der Waals surface area contributed by atoms with Crippen LogP contribution in [0.4, 0.5) is 0 Å². The van der Waals surface area contributed by atoms with Gasteiger partial charge >= 0.3 is 0 Å². The van der Waals surface area contributed by atoms with Gasteiger partial charge in [0.1, 0.15) is 0 Å².